The van der Waals surface area contributed by atoms with E-state index in [-0.39, 0.29) is 11.9 Å². The lowest BCUT2D eigenvalue weighted by molar-refractivity contribution is -0.129. The minimum atomic E-state index is 0.00333. The molecular weight excluding hydrogens is 256 g/mol. The van der Waals surface area contributed by atoms with Gasteiger partial charge in [-0.1, -0.05) is 0 Å². The van der Waals surface area contributed by atoms with Gasteiger partial charge in [-0.05, 0) is 19.8 Å². The Morgan fingerprint density at radius 1 is 1.45 bits per heavy atom. The molecule has 0 aromatic carbocycles. The van der Waals surface area contributed by atoms with Gasteiger partial charge in [0, 0.05) is 26.6 Å². The lowest BCUT2D eigenvalue weighted by Gasteiger charge is -2.22. The summed E-state index contributed by atoms with van der Waals surface area (Å²) < 4.78 is 3.55. The van der Waals surface area contributed by atoms with E-state index in [2.05, 4.69) is 15.2 Å². The molecule has 1 aliphatic rings. The van der Waals surface area contributed by atoms with E-state index < -0.39 is 0 Å². The fraction of sp³-hybridized carbons (Fsp3) is 0.538. The molecule has 2 aromatic heterocycles. The molecule has 1 aliphatic heterocycles. The lowest BCUT2D eigenvalue weighted by Crippen LogP contribution is -2.30. The molecule has 2 aromatic rings. The number of aryl methyl sites for hydroxylation is 2. The first kappa shape index (κ1) is 12.8. The first-order valence-corrected chi connectivity index (χ1v) is 6.77. The summed E-state index contributed by atoms with van der Waals surface area (Å²) in [6, 6.07) is 1.90. The van der Waals surface area contributed by atoms with Gasteiger partial charge >= 0.3 is 0 Å². The van der Waals surface area contributed by atoms with Crippen LogP contribution in [0.5, 0.6) is 0 Å². The summed E-state index contributed by atoms with van der Waals surface area (Å²) in [5.41, 5.74) is 0. The second kappa shape index (κ2) is 4.73. The van der Waals surface area contributed by atoms with Gasteiger partial charge in [-0.25, -0.2) is 4.98 Å². The molecule has 0 saturated carbocycles. The summed E-state index contributed by atoms with van der Waals surface area (Å²) in [4.78, 5) is 18.2. The van der Waals surface area contributed by atoms with E-state index in [9.17, 15) is 4.79 Å². The molecule has 3 heterocycles. The molecular formula is C13H18N6O. The number of nitrogens with zero attached hydrogens (tertiary/aromatic N) is 6. The Kier molecular flexibility index (Phi) is 3.04. The third kappa shape index (κ3) is 1.99. The van der Waals surface area contributed by atoms with E-state index in [4.69, 9.17) is 0 Å². The molecule has 7 heteroatoms. The largest absolute Gasteiger partial charge is 0.333 e. The number of hydrogen-bond donors (Lipinski definition) is 0. The standard InChI is InChI=1S/C13H18N6O/c1-9-15-13(11-5-4-8-18(11)10(2)20)19(16-9)12-6-7-14-17(12)3/h6-7,11H,4-5,8H2,1-3H3. The zero-order valence-corrected chi connectivity index (χ0v) is 11.9. The summed E-state index contributed by atoms with van der Waals surface area (Å²) in [5.74, 6) is 2.47. The summed E-state index contributed by atoms with van der Waals surface area (Å²) in [7, 11) is 1.87. The van der Waals surface area contributed by atoms with Gasteiger partial charge in [0.05, 0.1) is 12.2 Å². The molecule has 3 rings (SSSR count). The van der Waals surface area contributed by atoms with Crippen molar-refractivity contribution < 1.29 is 4.79 Å². The van der Waals surface area contributed by atoms with Crippen LogP contribution in [-0.2, 0) is 11.8 Å². The van der Waals surface area contributed by atoms with E-state index in [0.29, 0.717) is 5.82 Å². The SMILES string of the molecule is CC(=O)N1CCCC1c1nc(C)nn1-c1ccnn1C. The molecule has 1 saturated heterocycles. The lowest BCUT2D eigenvalue weighted by atomic mass is 10.2. The summed E-state index contributed by atoms with van der Waals surface area (Å²) in [5, 5.41) is 8.63. The number of carbonyl (C=O) groups is 1. The quantitative estimate of drug-likeness (QED) is 0.819. The van der Waals surface area contributed by atoms with Crippen molar-refractivity contribution in [1.29, 1.82) is 0 Å². The van der Waals surface area contributed by atoms with Crippen molar-refractivity contribution in [2.75, 3.05) is 6.54 Å². The minimum Gasteiger partial charge on any atom is -0.333 e. The zero-order chi connectivity index (χ0) is 14.3. The molecule has 1 unspecified atom stereocenters. The van der Waals surface area contributed by atoms with Crippen LogP contribution in [0.15, 0.2) is 12.3 Å². The van der Waals surface area contributed by atoms with Crippen molar-refractivity contribution in [3.8, 4) is 5.82 Å². The van der Waals surface area contributed by atoms with E-state index in [1.807, 2.05) is 24.9 Å². The van der Waals surface area contributed by atoms with E-state index in [1.54, 1.807) is 22.5 Å². The zero-order valence-electron chi connectivity index (χ0n) is 11.9. The summed E-state index contributed by atoms with van der Waals surface area (Å²) in [6.07, 6.45) is 3.66. The van der Waals surface area contributed by atoms with Crippen molar-refractivity contribution in [1.82, 2.24) is 29.4 Å². The number of aromatic nitrogens is 5. The van der Waals surface area contributed by atoms with Gasteiger partial charge in [0.2, 0.25) is 5.91 Å². The average Bonchev–Trinajstić information content (AvgIpc) is 3.06. The second-order valence-corrected chi connectivity index (χ2v) is 5.11. The first-order chi connectivity index (χ1) is 9.58. The van der Waals surface area contributed by atoms with Crippen LogP contribution in [0.4, 0.5) is 0 Å². The smallest absolute Gasteiger partial charge is 0.220 e. The van der Waals surface area contributed by atoms with Crippen LogP contribution >= 0.6 is 0 Å². The molecule has 1 fully saturated rings. The van der Waals surface area contributed by atoms with Crippen molar-refractivity contribution >= 4 is 5.91 Å². The molecule has 0 spiro atoms. The Morgan fingerprint density at radius 2 is 2.25 bits per heavy atom. The number of carbonyl (C=O) groups excluding carboxylic acids is 1. The van der Waals surface area contributed by atoms with Crippen LogP contribution < -0.4 is 0 Å². The highest BCUT2D eigenvalue weighted by atomic mass is 16.2. The van der Waals surface area contributed by atoms with Crippen LogP contribution in [0.1, 0.15) is 37.5 Å². The Morgan fingerprint density at radius 3 is 2.90 bits per heavy atom. The Balaban J connectivity index is 2.06. The number of amides is 1. The maximum atomic E-state index is 11.8. The maximum Gasteiger partial charge on any atom is 0.220 e. The second-order valence-electron chi connectivity index (χ2n) is 5.11. The molecule has 106 valence electrons. The van der Waals surface area contributed by atoms with E-state index >= 15 is 0 Å². The molecule has 0 N–H and O–H groups in total. The fourth-order valence-corrected chi connectivity index (χ4v) is 2.80. The maximum absolute atomic E-state index is 11.8. The molecule has 1 atom stereocenters. The third-order valence-corrected chi connectivity index (χ3v) is 3.71. The van der Waals surface area contributed by atoms with Crippen molar-refractivity contribution in [3.05, 3.63) is 23.9 Å². The predicted molar refractivity (Wildman–Crippen MR) is 72.2 cm³/mol. The fourth-order valence-electron chi connectivity index (χ4n) is 2.80. The first-order valence-electron chi connectivity index (χ1n) is 6.77. The normalized spacial score (nSPS) is 18.8. The Labute approximate surface area is 117 Å². The third-order valence-electron chi connectivity index (χ3n) is 3.71. The summed E-state index contributed by atoms with van der Waals surface area (Å²) >= 11 is 0. The van der Waals surface area contributed by atoms with Crippen molar-refractivity contribution in [2.45, 2.75) is 32.7 Å². The number of likely N-dealkylation sites (tertiary alicyclic amines) is 1. The predicted octanol–water partition coefficient (Wildman–Crippen LogP) is 0.993. The Bertz CT molecular complexity index is 643. The monoisotopic (exact) mass is 274 g/mol. The van der Waals surface area contributed by atoms with Crippen LogP contribution in [0.2, 0.25) is 0 Å². The molecule has 1 amide bonds. The average molecular weight is 274 g/mol. The molecule has 0 radical (unpaired) electrons. The van der Waals surface area contributed by atoms with Gasteiger partial charge in [-0.15, -0.1) is 5.10 Å². The molecule has 0 bridgehead atoms. The van der Waals surface area contributed by atoms with Crippen molar-refractivity contribution in [2.24, 2.45) is 7.05 Å². The van der Waals surface area contributed by atoms with Gasteiger partial charge in [0.1, 0.15) is 5.82 Å². The molecule has 20 heavy (non-hydrogen) atoms. The van der Waals surface area contributed by atoms with E-state index in [1.165, 1.54) is 0 Å². The molecule has 0 aliphatic carbocycles. The van der Waals surface area contributed by atoms with E-state index in [0.717, 1.165) is 31.0 Å². The van der Waals surface area contributed by atoms with Crippen LogP contribution in [0, 0.1) is 6.92 Å². The summed E-state index contributed by atoms with van der Waals surface area (Å²) in [6.45, 7) is 4.26. The van der Waals surface area contributed by atoms with Gasteiger partial charge in [0.15, 0.2) is 11.6 Å². The Hall–Kier alpha value is -2.18. The molecule has 7 nitrogen and oxygen atoms in total. The number of hydrogen-bond acceptors (Lipinski definition) is 4. The van der Waals surface area contributed by atoms with Gasteiger partial charge < -0.3 is 4.90 Å². The highest BCUT2D eigenvalue weighted by Gasteiger charge is 2.32. The van der Waals surface area contributed by atoms with Gasteiger partial charge in [-0.3, -0.25) is 9.48 Å². The highest BCUT2D eigenvalue weighted by Crippen LogP contribution is 2.31. The van der Waals surface area contributed by atoms with Crippen molar-refractivity contribution in [3.63, 3.8) is 0 Å². The van der Waals surface area contributed by atoms with Crippen LogP contribution in [0.25, 0.3) is 5.82 Å². The van der Waals surface area contributed by atoms with Crippen LogP contribution in [0.3, 0.4) is 0 Å². The topological polar surface area (TPSA) is 68.8 Å². The van der Waals surface area contributed by atoms with Crippen LogP contribution in [-0.4, -0.2) is 41.9 Å². The highest BCUT2D eigenvalue weighted by molar-refractivity contribution is 5.74. The van der Waals surface area contributed by atoms with Gasteiger partial charge in [0.25, 0.3) is 0 Å². The number of rotatable bonds is 2. The minimum absolute atomic E-state index is 0.00333. The van der Waals surface area contributed by atoms with Gasteiger partial charge in [-0.2, -0.15) is 9.78 Å².